The average Bonchev–Trinajstić information content (AvgIpc) is 3.82. The van der Waals surface area contributed by atoms with Crippen molar-refractivity contribution in [2.24, 2.45) is 5.92 Å². The molecule has 6 rings (SSSR count). The molecule has 2 aliphatic heterocycles. The lowest BCUT2D eigenvalue weighted by molar-refractivity contribution is -0.136. The molecule has 10 heteroatoms. The number of nitrogens with one attached hydrogen (secondary N) is 3. The van der Waals surface area contributed by atoms with E-state index in [1.54, 1.807) is 12.1 Å². The molecule has 2 saturated carbocycles. The Bertz CT molecular complexity index is 1560. The number of aryl methyl sites for hydroxylation is 1. The molecule has 2 aromatic rings. The standard InChI is InChI=1S/C35H43N5O5/c1-19(2)26-17-21(16-20(3)31(26)36-4)18-37-32(42)22-8-10-23(11-9-22)39(24-12-13-24)27-7-5-6-25-30(27)35(45)40(34(25)44)28-14-15-29(41)38-33(28)43/h5-7,16-17,19,22-24,28,36H,8-15,18H2,1-4H3,(H,37,42)(H,38,41,43). The highest BCUT2D eigenvalue weighted by molar-refractivity contribution is 6.25. The molecule has 1 unspecified atom stereocenters. The topological polar surface area (TPSA) is 128 Å². The van der Waals surface area contributed by atoms with Crippen LogP contribution in [0.4, 0.5) is 11.4 Å². The maximum absolute atomic E-state index is 13.8. The van der Waals surface area contributed by atoms with Crippen molar-refractivity contribution in [2.45, 2.75) is 103 Å². The van der Waals surface area contributed by atoms with E-state index >= 15 is 0 Å². The maximum atomic E-state index is 13.8. The van der Waals surface area contributed by atoms with E-state index in [2.05, 4.69) is 53.8 Å². The van der Waals surface area contributed by atoms with E-state index in [1.807, 2.05) is 13.1 Å². The summed E-state index contributed by atoms with van der Waals surface area (Å²) in [6.45, 7) is 6.93. The molecule has 2 aliphatic carbocycles. The number of hydrogen-bond donors (Lipinski definition) is 3. The Kier molecular flexibility index (Phi) is 8.41. The van der Waals surface area contributed by atoms with E-state index < -0.39 is 29.7 Å². The Balaban J connectivity index is 1.13. The summed E-state index contributed by atoms with van der Waals surface area (Å²) < 4.78 is 0. The van der Waals surface area contributed by atoms with E-state index in [9.17, 15) is 24.0 Å². The number of hydrogen-bond acceptors (Lipinski definition) is 7. The number of nitrogens with zero attached hydrogens (tertiary/aromatic N) is 2. The molecule has 45 heavy (non-hydrogen) atoms. The van der Waals surface area contributed by atoms with Crippen molar-refractivity contribution in [2.75, 3.05) is 17.3 Å². The van der Waals surface area contributed by atoms with E-state index in [1.165, 1.54) is 11.1 Å². The van der Waals surface area contributed by atoms with Gasteiger partial charge in [0.15, 0.2) is 0 Å². The highest BCUT2D eigenvalue weighted by Crippen LogP contribution is 2.43. The van der Waals surface area contributed by atoms with Gasteiger partial charge in [-0.15, -0.1) is 0 Å². The first-order valence-electron chi connectivity index (χ1n) is 16.3. The van der Waals surface area contributed by atoms with Gasteiger partial charge < -0.3 is 15.5 Å². The van der Waals surface area contributed by atoms with Gasteiger partial charge in [-0.3, -0.25) is 34.2 Å². The van der Waals surface area contributed by atoms with Crippen molar-refractivity contribution in [3.8, 4) is 0 Å². The van der Waals surface area contributed by atoms with Gasteiger partial charge in [-0.2, -0.15) is 0 Å². The van der Waals surface area contributed by atoms with E-state index in [-0.39, 0.29) is 36.8 Å². The monoisotopic (exact) mass is 613 g/mol. The van der Waals surface area contributed by atoms with Gasteiger partial charge in [-0.1, -0.05) is 32.0 Å². The van der Waals surface area contributed by atoms with Crippen LogP contribution in [0.25, 0.3) is 0 Å². The number of benzene rings is 2. The molecule has 1 saturated heterocycles. The molecule has 0 spiro atoms. The first kappa shape index (κ1) is 30.8. The van der Waals surface area contributed by atoms with Crippen molar-refractivity contribution in [1.82, 2.24) is 15.5 Å². The molecule has 0 radical (unpaired) electrons. The highest BCUT2D eigenvalue weighted by atomic mass is 16.2. The number of carbonyl (C=O) groups excluding carboxylic acids is 5. The largest absolute Gasteiger partial charge is 0.388 e. The summed E-state index contributed by atoms with van der Waals surface area (Å²) in [5, 5.41) is 8.76. The third kappa shape index (κ3) is 5.82. The van der Waals surface area contributed by atoms with Crippen molar-refractivity contribution < 1.29 is 24.0 Å². The van der Waals surface area contributed by atoms with Gasteiger partial charge >= 0.3 is 0 Å². The average molecular weight is 614 g/mol. The molecule has 5 amide bonds. The fourth-order valence-corrected chi connectivity index (χ4v) is 7.50. The highest BCUT2D eigenvalue weighted by Gasteiger charge is 2.48. The first-order chi connectivity index (χ1) is 21.6. The fourth-order valence-electron chi connectivity index (χ4n) is 7.50. The van der Waals surface area contributed by atoms with E-state index in [4.69, 9.17) is 0 Å². The Hall–Kier alpha value is -4.21. The minimum absolute atomic E-state index is 0.0720. The minimum Gasteiger partial charge on any atom is -0.388 e. The lowest BCUT2D eigenvalue weighted by Crippen LogP contribution is -2.54. The number of carbonyl (C=O) groups is 5. The molecule has 3 fully saturated rings. The molecule has 2 heterocycles. The van der Waals surface area contributed by atoms with Gasteiger partial charge in [-0.25, -0.2) is 0 Å². The SMILES string of the molecule is CNc1c(C)cc(CNC(=O)C2CCC(N(c3cccc4c3C(=O)N(C3CCC(=O)NC3=O)C4=O)C3CC3)CC2)cc1C(C)C. The molecule has 2 aromatic carbocycles. The third-order valence-corrected chi connectivity index (χ3v) is 9.89. The van der Waals surface area contributed by atoms with Crippen LogP contribution >= 0.6 is 0 Å². The number of rotatable bonds is 9. The van der Waals surface area contributed by atoms with Crippen LogP contribution in [0.2, 0.25) is 0 Å². The van der Waals surface area contributed by atoms with Crippen molar-refractivity contribution in [3.05, 3.63) is 58.1 Å². The summed E-state index contributed by atoms with van der Waals surface area (Å²) >= 11 is 0. The van der Waals surface area contributed by atoms with Crippen LogP contribution < -0.4 is 20.9 Å². The van der Waals surface area contributed by atoms with Crippen LogP contribution in [-0.4, -0.2) is 59.6 Å². The van der Waals surface area contributed by atoms with Crippen LogP contribution in [0.3, 0.4) is 0 Å². The molecule has 4 aliphatic rings. The van der Waals surface area contributed by atoms with Gasteiger partial charge in [-0.05, 0) is 86.6 Å². The van der Waals surface area contributed by atoms with Gasteiger partial charge in [0.05, 0.1) is 16.8 Å². The zero-order valence-electron chi connectivity index (χ0n) is 26.6. The predicted molar refractivity (Wildman–Crippen MR) is 171 cm³/mol. The van der Waals surface area contributed by atoms with Gasteiger partial charge in [0.1, 0.15) is 6.04 Å². The van der Waals surface area contributed by atoms with Gasteiger partial charge in [0.2, 0.25) is 17.7 Å². The Morgan fingerprint density at radius 2 is 1.67 bits per heavy atom. The third-order valence-electron chi connectivity index (χ3n) is 9.89. The summed E-state index contributed by atoms with van der Waals surface area (Å²) in [6, 6.07) is 9.10. The van der Waals surface area contributed by atoms with Crippen molar-refractivity contribution in [1.29, 1.82) is 0 Å². The van der Waals surface area contributed by atoms with E-state index in [0.717, 1.165) is 60.4 Å². The molecule has 10 nitrogen and oxygen atoms in total. The first-order valence-corrected chi connectivity index (χ1v) is 16.3. The van der Waals surface area contributed by atoms with Gasteiger partial charge in [0.25, 0.3) is 11.8 Å². The second kappa shape index (κ2) is 12.3. The summed E-state index contributed by atoms with van der Waals surface area (Å²) in [5.74, 6) is -1.59. The zero-order valence-corrected chi connectivity index (χ0v) is 26.6. The summed E-state index contributed by atoms with van der Waals surface area (Å²) in [4.78, 5) is 68.1. The van der Waals surface area contributed by atoms with Crippen LogP contribution in [0.1, 0.15) is 109 Å². The number of imide groups is 2. The zero-order chi connectivity index (χ0) is 32.0. The molecular formula is C35H43N5O5. The lowest BCUT2D eigenvalue weighted by atomic mass is 9.84. The maximum Gasteiger partial charge on any atom is 0.264 e. The molecular weight excluding hydrogens is 570 g/mol. The predicted octanol–water partition coefficient (Wildman–Crippen LogP) is 4.41. The lowest BCUT2D eigenvalue weighted by Gasteiger charge is -2.39. The van der Waals surface area contributed by atoms with Crippen LogP contribution in [-0.2, 0) is 20.9 Å². The Labute approximate surface area is 264 Å². The normalized spacial score (nSPS) is 23.2. The minimum atomic E-state index is -0.992. The summed E-state index contributed by atoms with van der Waals surface area (Å²) in [7, 11) is 1.94. The van der Waals surface area contributed by atoms with E-state index in [0.29, 0.717) is 23.6 Å². The number of amides is 5. The quantitative estimate of drug-likeness (QED) is 0.358. The van der Waals surface area contributed by atoms with Crippen LogP contribution in [0.15, 0.2) is 30.3 Å². The van der Waals surface area contributed by atoms with Gasteiger partial charge in [0, 0.05) is 43.7 Å². The van der Waals surface area contributed by atoms with Crippen LogP contribution in [0, 0.1) is 12.8 Å². The molecule has 1 atom stereocenters. The summed E-state index contributed by atoms with van der Waals surface area (Å²) in [6.07, 6.45) is 5.35. The second-order valence-electron chi connectivity index (χ2n) is 13.3. The van der Waals surface area contributed by atoms with Crippen LogP contribution in [0.5, 0.6) is 0 Å². The molecule has 3 N–H and O–H groups in total. The fraction of sp³-hybridized carbons (Fsp3) is 0.514. The molecule has 238 valence electrons. The van der Waals surface area contributed by atoms with Crippen molar-refractivity contribution >= 4 is 40.9 Å². The second-order valence-corrected chi connectivity index (χ2v) is 13.3. The Morgan fingerprint density at radius 3 is 2.29 bits per heavy atom. The van der Waals surface area contributed by atoms with Crippen molar-refractivity contribution in [3.63, 3.8) is 0 Å². The number of anilines is 2. The number of fused-ring (bicyclic) bond motifs is 1. The Morgan fingerprint density at radius 1 is 0.978 bits per heavy atom. The summed E-state index contributed by atoms with van der Waals surface area (Å²) in [5.41, 5.74) is 6.05. The smallest absolute Gasteiger partial charge is 0.264 e. The molecule has 0 bridgehead atoms. The number of piperidine rings is 1. The molecule has 0 aromatic heterocycles.